The number of carbonyl (C=O) groups is 18. The number of nitrogens with two attached hydrogens (primary N) is 5. The lowest BCUT2D eigenvalue weighted by Gasteiger charge is -2.31. The first-order valence-corrected chi connectivity index (χ1v) is 37.9. The standard InChI is InChI=1S/C73H116N20O21/c1-11-39(10)59(92-64(104)46(28-41-32-79-34-80-41)87-68(108)56(78)36(4)5)71(111)88-49(30-54(77)97)72(112)93-25-17-21-51(93)67(107)86-47(29-53(76)96)63(103)89-50(33-94)66(106)83-44(26-35(2)3)61(101)84-45(27-40-18-13-12-14-19-40)62(102)85-48(31-55(98)99)65(105)91-57(37(6)7)69(109)81-42(22-23-52(75)95)60(100)90-58(38(8)9)70(110)82-43(73(113)114)20-15-16-24-74/h12-14,18-19,32,34-39,42-51,56-59,94H,11,15-17,20-31,33,74,78H2,1-10H3,(H2,75,95)(H2,76,96)(H2,77,97)(H,79,80)(H,81,109)(H,82,110)(H,83,106)(H,84,101)(H,85,102)(H,86,107)(H,87,108)(H,88,111)(H,89,103)(H,90,100)(H,91,105)(H,92,104)(H,98,99)(H,113,114)/t39-,42-,43-,44-,45-,46-,47-,48-,49-,50-,51-,56-,57-,58-,59-/m0/s1. The lowest BCUT2D eigenvalue weighted by molar-refractivity contribution is -0.144. The Morgan fingerprint density at radius 3 is 1.49 bits per heavy atom. The zero-order valence-corrected chi connectivity index (χ0v) is 66.0. The summed E-state index contributed by atoms with van der Waals surface area (Å²) in [4.78, 5) is 253. The fraction of sp³-hybridized carbons (Fsp3) is 0.630. The van der Waals surface area contributed by atoms with Gasteiger partial charge in [0.05, 0.1) is 38.2 Å². The Hall–Kier alpha value is -11.2. The van der Waals surface area contributed by atoms with E-state index in [1.165, 1.54) is 26.4 Å². The number of aliphatic carboxylic acids is 2. The number of hydrogen-bond donors (Lipinski definition) is 21. The fourth-order valence-corrected chi connectivity index (χ4v) is 12.0. The van der Waals surface area contributed by atoms with Gasteiger partial charge in [0, 0.05) is 37.7 Å². The van der Waals surface area contributed by atoms with E-state index < -0.39 is 253 Å². The van der Waals surface area contributed by atoms with E-state index in [2.05, 4.69) is 73.8 Å². The van der Waals surface area contributed by atoms with Crippen molar-refractivity contribution < 1.29 is 102 Å². The van der Waals surface area contributed by atoms with E-state index in [9.17, 15) is 102 Å². The molecule has 2 heterocycles. The molecule has 3 rings (SSSR count). The molecule has 114 heavy (non-hydrogen) atoms. The van der Waals surface area contributed by atoms with Gasteiger partial charge in [0.15, 0.2) is 0 Å². The average Bonchev–Trinajstić information content (AvgIpc) is 1.78. The highest BCUT2D eigenvalue weighted by molar-refractivity contribution is 6.02. The van der Waals surface area contributed by atoms with Crippen LogP contribution in [0.1, 0.15) is 158 Å². The zero-order chi connectivity index (χ0) is 86.0. The lowest BCUT2D eigenvalue weighted by atomic mass is 9.96. The largest absolute Gasteiger partial charge is 0.481 e. The van der Waals surface area contributed by atoms with Crippen LogP contribution in [0.25, 0.3) is 0 Å². The van der Waals surface area contributed by atoms with Crippen LogP contribution >= 0.6 is 0 Å². The van der Waals surface area contributed by atoms with Gasteiger partial charge in [-0.25, -0.2) is 9.78 Å². The van der Waals surface area contributed by atoms with E-state index in [4.69, 9.17) is 28.7 Å². The summed E-state index contributed by atoms with van der Waals surface area (Å²) in [5.41, 5.74) is 29.0. The molecule has 41 heteroatoms. The molecule has 26 N–H and O–H groups in total. The number of aliphatic hydroxyl groups excluding tert-OH is 1. The van der Waals surface area contributed by atoms with Crippen LogP contribution in [0.15, 0.2) is 42.9 Å². The van der Waals surface area contributed by atoms with Gasteiger partial charge >= 0.3 is 11.9 Å². The number of aromatic amines is 1. The van der Waals surface area contributed by atoms with E-state index in [1.807, 2.05) is 0 Å². The average molecular weight is 1610 g/mol. The number of nitrogens with one attached hydrogen (secondary N) is 13. The Morgan fingerprint density at radius 2 is 0.974 bits per heavy atom. The molecule has 0 bridgehead atoms. The number of imidazole rings is 1. The molecule has 0 aliphatic carbocycles. The molecule has 2 aromatic rings. The molecular formula is C73H116N20O21. The maximum atomic E-state index is 14.6. The third kappa shape index (κ3) is 32.5. The molecule has 634 valence electrons. The van der Waals surface area contributed by atoms with Crippen molar-refractivity contribution >= 4 is 106 Å². The Bertz CT molecular complexity index is 3660. The topological polar surface area (TPSA) is 674 Å². The highest BCUT2D eigenvalue weighted by Crippen LogP contribution is 2.22. The second-order valence-corrected chi connectivity index (χ2v) is 29.7. The van der Waals surface area contributed by atoms with Crippen molar-refractivity contribution in [3.05, 3.63) is 54.1 Å². The molecule has 0 radical (unpaired) electrons. The minimum Gasteiger partial charge on any atom is -0.481 e. The molecule has 16 amide bonds. The van der Waals surface area contributed by atoms with E-state index in [0.717, 1.165) is 4.90 Å². The molecule has 15 atom stereocenters. The number of rotatable bonds is 51. The summed E-state index contributed by atoms with van der Waals surface area (Å²) < 4.78 is 0. The summed E-state index contributed by atoms with van der Waals surface area (Å²) in [7, 11) is 0. The molecule has 1 fully saturated rings. The highest BCUT2D eigenvalue weighted by Gasteiger charge is 2.43. The predicted octanol–water partition coefficient (Wildman–Crippen LogP) is -5.91. The van der Waals surface area contributed by atoms with Crippen LogP contribution in [0.3, 0.4) is 0 Å². The number of primary amides is 3. The third-order valence-electron chi connectivity index (χ3n) is 18.8. The van der Waals surface area contributed by atoms with E-state index in [0.29, 0.717) is 24.1 Å². The van der Waals surface area contributed by atoms with Gasteiger partial charge in [0.1, 0.15) is 78.5 Å². The number of benzene rings is 1. The van der Waals surface area contributed by atoms with Crippen molar-refractivity contribution in [2.24, 2.45) is 58.3 Å². The van der Waals surface area contributed by atoms with Crippen LogP contribution in [0.4, 0.5) is 0 Å². The minimum atomic E-state index is -2.01. The molecule has 0 spiro atoms. The number of carboxylic acid groups (broad SMARTS) is 2. The molecular weight excluding hydrogens is 1490 g/mol. The summed E-state index contributed by atoms with van der Waals surface area (Å²) in [6.07, 6.45) is -0.525. The van der Waals surface area contributed by atoms with Crippen molar-refractivity contribution in [2.45, 2.75) is 244 Å². The first-order chi connectivity index (χ1) is 53.5. The second-order valence-electron chi connectivity index (χ2n) is 29.7. The summed E-state index contributed by atoms with van der Waals surface area (Å²) in [5, 5.41) is 59.8. The Balaban J connectivity index is 1.90. The fourth-order valence-electron chi connectivity index (χ4n) is 12.0. The van der Waals surface area contributed by atoms with Gasteiger partial charge in [0.2, 0.25) is 94.5 Å². The maximum absolute atomic E-state index is 14.6. The summed E-state index contributed by atoms with van der Waals surface area (Å²) in [6, 6.07) is -14.2. The lowest BCUT2D eigenvalue weighted by Crippen LogP contribution is -2.62. The number of nitrogens with zero attached hydrogens (tertiary/aromatic N) is 2. The van der Waals surface area contributed by atoms with Gasteiger partial charge in [0.25, 0.3) is 0 Å². The molecule has 1 saturated heterocycles. The predicted molar refractivity (Wildman–Crippen MR) is 408 cm³/mol. The number of aromatic nitrogens is 2. The zero-order valence-electron chi connectivity index (χ0n) is 66.0. The van der Waals surface area contributed by atoms with Gasteiger partial charge in [-0.15, -0.1) is 0 Å². The SMILES string of the molecule is CC[C@H](C)[C@H](NC(=O)[C@H](Cc1cnc[nH]1)NC(=O)[C@@H](N)C(C)C)C(=O)N[C@@H](CC(N)=O)C(=O)N1CCC[C@H]1C(=O)N[C@@H](CC(N)=O)C(=O)N[C@@H](CO)C(=O)N[C@@H](CC(C)C)C(=O)N[C@@H](Cc1ccccc1)C(=O)N[C@@H](CC(=O)O)C(=O)N[C@H](C(=O)N[C@@H](CCC(N)=O)C(=O)N[C@H](C(=O)N[C@@H](CCCCN)C(=O)O)C(C)C)C(C)C. The normalized spacial score (nSPS) is 16.3. The Morgan fingerprint density at radius 1 is 0.509 bits per heavy atom. The van der Waals surface area contributed by atoms with Gasteiger partial charge in [-0.3, -0.25) is 81.5 Å². The molecule has 0 saturated carbocycles. The number of carboxylic acids is 2. The van der Waals surface area contributed by atoms with Gasteiger partial charge in [-0.1, -0.05) is 106 Å². The number of likely N-dealkylation sites (tertiary alicyclic amines) is 1. The summed E-state index contributed by atoms with van der Waals surface area (Å²) in [6.45, 7) is 15.0. The molecule has 0 unspecified atom stereocenters. The molecule has 1 aromatic heterocycles. The van der Waals surface area contributed by atoms with Gasteiger partial charge in [-0.05, 0) is 86.6 Å². The van der Waals surface area contributed by atoms with Crippen molar-refractivity contribution in [1.29, 1.82) is 0 Å². The van der Waals surface area contributed by atoms with Gasteiger partial charge < -0.3 is 118 Å². The highest BCUT2D eigenvalue weighted by atomic mass is 16.4. The monoisotopic (exact) mass is 1610 g/mol. The number of carbonyl (C=O) groups excluding carboxylic acids is 16. The molecule has 1 aromatic carbocycles. The second kappa shape index (κ2) is 48.0. The van der Waals surface area contributed by atoms with Crippen molar-refractivity contribution in [1.82, 2.24) is 78.7 Å². The van der Waals surface area contributed by atoms with Crippen LogP contribution in [0.2, 0.25) is 0 Å². The smallest absolute Gasteiger partial charge is 0.326 e. The van der Waals surface area contributed by atoms with Crippen LogP contribution in [0, 0.1) is 29.6 Å². The number of amides is 16. The number of H-pyrrole nitrogens is 1. The Labute approximate surface area is 660 Å². The maximum Gasteiger partial charge on any atom is 0.326 e. The number of aliphatic hydroxyl groups is 1. The van der Waals surface area contributed by atoms with E-state index in [-0.39, 0.29) is 64.0 Å². The van der Waals surface area contributed by atoms with Crippen LogP contribution < -0.4 is 92.5 Å². The van der Waals surface area contributed by atoms with Gasteiger partial charge in [-0.2, -0.15) is 0 Å². The third-order valence-corrected chi connectivity index (χ3v) is 18.8. The van der Waals surface area contributed by atoms with Crippen LogP contribution in [-0.4, -0.2) is 241 Å². The molecule has 41 nitrogen and oxygen atoms in total. The summed E-state index contributed by atoms with van der Waals surface area (Å²) >= 11 is 0. The van der Waals surface area contributed by atoms with E-state index in [1.54, 1.807) is 85.7 Å². The molecule has 1 aliphatic rings. The summed E-state index contributed by atoms with van der Waals surface area (Å²) in [5.74, 6) is -22.6. The van der Waals surface area contributed by atoms with Crippen LogP contribution in [0.5, 0.6) is 0 Å². The first-order valence-electron chi connectivity index (χ1n) is 37.9. The minimum absolute atomic E-state index is 0.0160. The van der Waals surface area contributed by atoms with E-state index >= 15 is 0 Å². The Kier molecular flexibility index (Phi) is 40.8. The van der Waals surface area contributed by atoms with Crippen molar-refractivity contribution in [3.63, 3.8) is 0 Å². The first kappa shape index (κ1) is 97.0. The number of unbranched alkanes of at least 4 members (excludes halogenated alkanes) is 1. The van der Waals surface area contributed by atoms with Crippen molar-refractivity contribution in [2.75, 3.05) is 19.7 Å². The van der Waals surface area contributed by atoms with Crippen molar-refractivity contribution in [3.8, 4) is 0 Å². The quantitative estimate of drug-likeness (QED) is 0.0274. The number of hydrogen-bond acceptors (Lipinski definition) is 22. The van der Waals surface area contributed by atoms with Crippen LogP contribution in [-0.2, 0) is 99.1 Å². The molecule has 1 aliphatic heterocycles.